The predicted molar refractivity (Wildman–Crippen MR) is 69.2 cm³/mol. The number of rotatable bonds is 4. The summed E-state index contributed by atoms with van der Waals surface area (Å²) < 4.78 is 24.7. The highest BCUT2D eigenvalue weighted by Gasteiger charge is 2.22. The minimum atomic E-state index is -0.497. The van der Waals surface area contributed by atoms with Crippen molar-refractivity contribution in [3.63, 3.8) is 0 Å². The fourth-order valence-electron chi connectivity index (χ4n) is 1.58. The Morgan fingerprint density at radius 3 is 2.35 bits per heavy atom. The van der Waals surface area contributed by atoms with Crippen molar-refractivity contribution in [2.75, 3.05) is 14.2 Å². The summed E-state index contributed by atoms with van der Waals surface area (Å²) in [6.45, 7) is 3.69. The quantitative estimate of drug-likeness (QED) is 0.930. The van der Waals surface area contributed by atoms with E-state index in [4.69, 9.17) is 15.2 Å². The molecule has 0 fully saturated rings. The van der Waals surface area contributed by atoms with E-state index in [2.05, 4.69) is 15.9 Å². The van der Waals surface area contributed by atoms with Gasteiger partial charge >= 0.3 is 0 Å². The molecule has 0 aromatic heterocycles. The lowest BCUT2D eigenvalue weighted by Crippen LogP contribution is -2.35. The monoisotopic (exact) mass is 305 g/mol. The van der Waals surface area contributed by atoms with Gasteiger partial charge in [0.15, 0.2) is 11.5 Å². The number of ether oxygens (including phenoxy) is 2. The average molecular weight is 306 g/mol. The van der Waals surface area contributed by atoms with Crippen LogP contribution < -0.4 is 15.2 Å². The Balaban J connectivity index is 3.32. The predicted octanol–water partition coefficient (Wildman–Crippen LogP) is 2.89. The maximum Gasteiger partial charge on any atom is 0.175 e. The van der Waals surface area contributed by atoms with Crippen molar-refractivity contribution in [2.45, 2.75) is 25.8 Å². The molecule has 0 atom stereocenters. The molecule has 0 bridgehead atoms. The van der Waals surface area contributed by atoms with E-state index in [9.17, 15) is 4.39 Å². The summed E-state index contributed by atoms with van der Waals surface area (Å²) in [5, 5.41) is 0. The second kappa shape index (κ2) is 5.23. The molecule has 0 saturated carbocycles. The van der Waals surface area contributed by atoms with E-state index in [0.717, 1.165) is 0 Å². The normalized spacial score (nSPS) is 11.5. The first kappa shape index (κ1) is 14.3. The van der Waals surface area contributed by atoms with Gasteiger partial charge in [0.05, 0.1) is 18.7 Å². The van der Waals surface area contributed by atoms with Crippen LogP contribution in [-0.4, -0.2) is 19.8 Å². The van der Waals surface area contributed by atoms with E-state index in [1.54, 1.807) is 0 Å². The van der Waals surface area contributed by atoms with Crippen molar-refractivity contribution in [1.82, 2.24) is 0 Å². The molecule has 3 nitrogen and oxygen atoms in total. The molecule has 1 aromatic carbocycles. The first-order valence-electron chi connectivity index (χ1n) is 5.18. The van der Waals surface area contributed by atoms with E-state index in [1.807, 2.05) is 13.8 Å². The van der Waals surface area contributed by atoms with Gasteiger partial charge in [0.25, 0.3) is 0 Å². The van der Waals surface area contributed by atoms with Crippen molar-refractivity contribution in [3.8, 4) is 11.5 Å². The van der Waals surface area contributed by atoms with Crippen LogP contribution in [0.25, 0.3) is 0 Å². The Bertz CT molecular complexity index is 416. The fraction of sp³-hybridized carbons (Fsp3) is 0.500. The summed E-state index contributed by atoms with van der Waals surface area (Å²) in [4.78, 5) is 0. The molecule has 0 unspecified atom stereocenters. The highest BCUT2D eigenvalue weighted by atomic mass is 79.9. The molecule has 2 N–H and O–H groups in total. The highest BCUT2D eigenvalue weighted by molar-refractivity contribution is 9.10. The fourth-order valence-corrected chi connectivity index (χ4v) is 2.26. The van der Waals surface area contributed by atoms with Crippen LogP contribution in [0.5, 0.6) is 11.5 Å². The van der Waals surface area contributed by atoms with Gasteiger partial charge in [0.2, 0.25) is 0 Å². The van der Waals surface area contributed by atoms with Crippen LogP contribution in [0.2, 0.25) is 0 Å². The van der Waals surface area contributed by atoms with Crippen LogP contribution in [0.1, 0.15) is 19.4 Å². The number of methoxy groups -OCH3 is 2. The van der Waals surface area contributed by atoms with Gasteiger partial charge in [-0.15, -0.1) is 0 Å². The van der Waals surface area contributed by atoms with Gasteiger partial charge in [-0.05, 0) is 36.2 Å². The standard InChI is InChI=1S/C12H17BrFNO2/c1-12(2,15)6-7-8(14)5-9(16-3)11(17-4)10(7)13/h5H,6,15H2,1-4H3. The summed E-state index contributed by atoms with van der Waals surface area (Å²) in [6, 6.07) is 1.31. The molecule has 0 heterocycles. The Morgan fingerprint density at radius 1 is 1.35 bits per heavy atom. The molecule has 0 saturated heterocycles. The molecule has 5 heteroatoms. The molecule has 0 aliphatic rings. The Labute approximate surface area is 109 Å². The molecule has 0 spiro atoms. The lowest BCUT2D eigenvalue weighted by molar-refractivity contribution is 0.348. The molecular weight excluding hydrogens is 289 g/mol. The summed E-state index contributed by atoms with van der Waals surface area (Å²) in [6.07, 6.45) is 0.403. The molecule has 1 aromatic rings. The van der Waals surface area contributed by atoms with Gasteiger partial charge in [-0.3, -0.25) is 0 Å². The third kappa shape index (κ3) is 3.33. The second-order valence-corrected chi connectivity index (χ2v) is 5.34. The molecule has 0 amide bonds. The molecule has 0 aliphatic heterocycles. The summed E-state index contributed by atoms with van der Waals surface area (Å²) in [5.74, 6) is 0.483. The molecule has 96 valence electrons. The second-order valence-electron chi connectivity index (χ2n) is 4.55. The highest BCUT2D eigenvalue weighted by Crippen LogP contribution is 2.40. The van der Waals surface area contributed by atoms with E-state index in [-0.39, 0.29) is 5.82 Å². The Kier molecular flexibility index (Phi) is 4.38. The lowest BCUT2D eigenvalue weighted by atomic mass is 9.95. The Morgan fingerprint density at radius 2 is 1.94 bits per heavy atom. The van der Waals surface area contributed by atoms with Crippen molar-refractivity contribution in [2.24, 2.45) is 5.73 Å². The third-order valence-corrected chi connectivity index (χ3v) is 3.13. The SMILES string of the molecule is COc1cc(F)c(CC(C)(C)N)c(Br)c1OC. The van der Waals surface area contributed by atoms with E-state index in [1.165, 1.54) is 20.3 Å². The van der Waals surface area contributed by atoms with Gasteiger partial charge in [0.1, 0.15) is 5.82 Å². The van der Waals surface area contributed by atoms with E-state index >= 15 is 0 Å². The van der Waals surface area contributed by atoms with Crippen molar-refractivity contribution < 1.29 is 13.9 Å². The van der Waals surface area contributed by atoms with Crippen LogP contribution in [0, 0.1) is 5.82 Å². The lowest BCUT2D eigenvalue weighted by Gasteiger charge is -2.21. The van der Waals surface area contributed by atoms with Gasteiger partial charge in [-0.2, -0.15) is 0 Å². The zero-order valence-electron chi connectivity index (χ0n) is 10.4. The molecule has 1 rings (SSSR count). The van der Waals surface area contributed by atoms with Crippen molar-refractivity contribution >= 4 is 15.9 Å². The van der Waals surface area contributed by atoms with Crippen molar-refractivity contribution in [3.05, 3.63) is 21.9 Å². The average Bonchev–Trinajstić information content (AvgIpc) is 2.22. The maximum absolute atomic E-state index is 13.9. The zero-order chi connectivity index (χ0) is 13.2. The molecule has 17 heavy (non-hydrogen) atoms. The molecule has 0 aliphatic carbocycles. The first-order valence-corrected chi connectivity index (χ1v) is 5.97. The number of benzene rings is 1. The van der Waals surface area contributed by atoms with Gasteiger partial charge in [-0.25, -0.2) is 4.39 Å². The van der Waals surface area contributed by atoms with Crippen LogP contribution in [0.3, 0.4) is 0 Å². The maximum atomic E-state index is 13.9. The smallest absolute Gasteiger partial charge is 0.175 e. The van der Waals surface area contributed by atoms with E-state index in [0.29, 0.717) is 28.0 Å². The van der Waals surface area contributed by atoms with Gasteiger partial charge < -0.3 is 15.2 Å². The van der Waals surface area contributed by atoms with Crippen molar-refractivity contribution in [1.29, 1.82) is 0 Å². The summed E-state index contributed by atoms with van der Waals surface area (Å²) in [7, 11) is 2.98. The first-order chi connectivity index (χ1) is 7.80. The van der Waals surface area contributed by atoms with Crippen LogP contribution in [-0.2, 0) is 6.42 Å². The largest absolute Gasteiger partial charge is 0.493 e. The number of hydrogen-bond acceptors (Lipinski definition) is 3. The van der Waals surface area contributed by atoms with Gasteiger partial charge in [0, 0.05) is 17.2 Å². The van der Waals surface area contributed by atoms with E-state index < -0.39 is 5.54 Å². The number of halogens is 2. The minimum absolute atomic E-state index is 0.354. The van der Waals surface area contributed by atoms with Crippen LogP contribution in [0.4, 0.5) is 4.39 Å². The number of nitrogens with two attached hydrogens (primary N) is 1. The van der Waals surface area contributed by atoms with Gasteiger partial charge in [-0.1, -0.05) is 0 Å². The topological polar surface area (TPSA) is 44.5 Å². The Hall–Kier alpha value is -0.810. The summed E-state index contributed by atoms with van der Waals surface area (Å²) >= 11 is 3.34. The zero-order valence-corrected chi connectivity index (χ0v) is 12.0. The molecule has 0 radical (unpaired) electrons. The number of hydrogen-bond donors (Lipinski definition) is 1. The van der Waals surface area contributed by atoms with Crippen LogP contribution in [0.15, 0.2) is 10.5 Å². The summed E-state index contributed by atoms with van der Waals surface area (Å²) in [5.41, 5.74) is 5.91. The molecular formula is C12H17BrFNO2. The minimum Gasteiger partial charge on any atom is -0.493 e. The van der Waals surface area contributed by atoms with Crippen LogP contribution >= 0.6 is 15.9 Å². The third-order valence-electron chi connectivity index (χ3n) is 2.29.